The van der Waals surface area contributed by atoms with Crippen molar-refractivity contribution >= 4 is 12.1 Å². The molecule has 2 aromatic heterocycles. The number of carbonyl (C=O) groups is 2. The Hall–Kier alpha value is -4.73. The summed E-state index contributed by atoms with van der Waals surface area (Å²) in [5, 5.41) is 11.8. The van der Waals surface area contributed by atoms with Gasteiger partial charge < -0.3 is 24.3 Å². The van der Waals surface area contributed by atoms with Gasteiger partial charge in [-0.25, -0.2) is 9.78 Å². The number of carboxylic acids is 1. The molecule has 0 spiro atoms. The number of benzene rings is 2. The van der Waals surface area contributed by atoms with E-state index in [1.54, 1.807) is 38.5 Å². The maximum atomic E-state index is 12.0. The summed E-state index contributed by atoms with van der Waals surface area (Å²) in [7, 11) is 0. The molecule has 0 unspecified atom stereocenters. The highest BCUT2D eigenvalue weighted by molar-refractivity contribution is 5.68. The fourth-order valence-electron chi connectivity index (χ4n) is 4.05. The lowest BCUT2D eigenvalue weighted by Gasteiger charge is -2.14. The summed E-state index contributed by atoms with van der Waals surface area (Å²) in [6, 6.07) is 13.2. The van der Waals surface area contributed by atoms with Gasteiger partial charge in [0.25, 0.3) is 0 Å². The second kappa shape index (κ2) is 13.4. The van der Waals surface area contributed by atoms with Crippen molar-refractivity contribution in [3.05, 3.63) is 83.6 Å². The Kier molecular flexibility index (Phi) is 9.45. The van der Waals surface area contributed by atoms with Crippen LogP contribution in [0.1, 0.15) is 42.8 Å². The topological polar surface area (TPSA) is 137 Å². The number of aliphatic carboxylic acids is 1. The van der Waals surface area contributed by atoms with E-state index in [4.69, 9.17) is 19.0 Å². The Bertz CT molecular complexity index is 1430. The smallest absolute Gasteiger partial charge is 0.407 e. The summed E-state index contributed by atoms with van der Waals surface area (Å²) < 4.78 is 17.0. The lowest BCUT2D eigenvalue weighted by atomic mass is 10.0. The molecule has 0 aliphatic heterocycles. The molecule has 2 aromatic carbocycles. The van der Waals surface area contributed by atoms with Crippen LogP contribution in [0.3, 0.4) is 0 Å². The summed E-state index contributed by atoms with van der Waals surface area (Å²) in [5.41, 5.74) is 4.98. The van der Waals surface area contributed by atoms with Crippen molar-refractivity contribution in [1.82, 2.24) is 20.3 Å². The Morgan fingerprint density at radius 2 is 1.80 bits per heavy atom. The maximum Gasteiger partial charge on any atom is 0.407 e. The zero-order chi connectivity index (χ0) is 28.5. The number of nitrogens with zero attached hydrogens (tertiary/aromatic N) is 3. The monoisotopic (exact) mass is 544 g/mol. The number of aromatic nitrogens is 3. The number of carboxylic acid groups (broad SMARTS) is 1. The van der Waals surface area contributed by atoms with E-state index in [1.165, 1.54) is 0 Å². The number of hydrogen-bond donors (Lipinski definition) is 2. The van der Waals surface area contributed by atoms with Crippen molar-refractivity contribution in [1.29, 1.82) is 0 Å². The molecule has 0 aliphatic carbocycles. The summed E-state index contributed by atoms with van der Waals surface area (Å²) in [5.74, 6) is 0.966. The first-order valence-electron chi connectivity index (χ1n) is 13.0. The van der Waals surface area contributed by atoms with Crippen LogP contribution in [-0.2, 0) is 28.9 Å². The van der Waals surface area contributed by atoms with Crippen LogP contribution in [0.25, 0.3) is 22.7 Å². The summed E-state index contributed by atoms with van der Waals surface area (Å²) in [6.45, 7) is 5.96. The van der Waals surface area contributed by atoms with E-state index < -0.39 is 12.1 Å². The van der Waals surface area contributed by atoms with E-state index in [-0.39, 0.29) is 19.1 Å². The molecule has 2 N–H and O–H groups in total. The first-order chi connectivity index (χ1) is 19.3. The van der Waals surface area contributed by atoms with Gasteiger partial charge in [-0.15, -0.1) is 0 Å². The van der Waals surface area contributed by atoms with Gasteiger partial charge in [0.15, 0.2) is 0 Å². The second-order valence-corrected chi connectivity index (χ2v) is 9.42. The molecule has 4 rings (SSSR count). The average Bonchev–Trinajstić information content (AvgIpc) is 3.31. The molecule has 40 heavy (non-hydrogen) atoms. The normalized spacial score (nSPS) is 10.9. The van der Waals surface area contributed by atoms with Gasteiger partial charge in [0.05, 0.1) is 30.3 Å². The maximum absolute atomic E-state index is 12.0. The highest BCUT2D eigenvalue weighted by atomic mass is 16.6. The highest BCUT2D eigenvalue weighted by Crippen LogP contribution is 2.26. The Labute approximate surface area is 232 Å². The third-order valence-corrected chi connectivity index (χ3v) is 6.04. The molecule has 0 atom stereocenters. The minimum Gasteiger partial charge on any atom is -0.493 e. The van der Waals surface area contributed by atoms with Crippen molar-refractivity contribution in [2.75, 3.05) is 6.61 Å². The first kappa shape index (κ1) is 28.3. The van der Waals surface area contributed by atoms with Crippen LogP contribution in [0.5, 0.6) is 5.75 Å². The van der Waals surface area contributed by atoms with Crippen LogP contribution < -0.4 is 10.1 Å². The third-order valence-electron chi connectivity index (χ3n) is 6.04. The van der Waals surface area contributed by atoms with Crippen molar-refractivity contribution in [2.45, 2.75) is 52.7 Å². The molecule has 2 heterocycles. The molecule has 1 amide bonds. The number of nitrogens with one attached hydrogen (secondary N) is 1. The molecular formula is C30H32N4O6. The van der Waals surface area contributed by atoms with Crippen LogP contribution in [0, 0.1) is 6.92 Å². The van der Waals surface area contributed by atoms with E-state index in [0.29, 0.717) is 36.8 Å². The molecular weight excluding hydrogens is 512 g/mol. The minimum absolute atomic E-state index is 0.0134. The fourth-order valence-corrected chi connectivity index (χ4v) is 4.05. The molecule has 0 aliphatic rings. The third kappa shape index (κ3) is 7.89. The average molecular weight is 545 g/mol. The van der Waals surface area contributed by atoms with Gasteiger partial charge in [0, 0.05) is 42.9 Å². The van der Waals surface area contributed by atoms with Gasteiger partial charge in [-0.3, -0.25) is 14.8 Å². The van der Waals surface area contributed by atoms with Gasteiger partial charge >= 0.3 is 12.1 Å². The molecule has 4 aromatic rings. The van der Waals surface area contributed by atoms with E-state index in [0.717, 1.165) is 33.6 Å². The van der Waals surface area contributed by atoms with Crippen LogP contribution in [0.15, 0.2) is 65.5 Å². The van der Waals surface area contributed by atoms with Gasteiger partial charge in [0.1, 0.15) is 11.5 Å². The predicted molar refractivity (Wildman–Crippen MR) is 148 cm³/mol. The van der Waals surface area contributed by atoms with Gasteiger partial charge in [-0.2, -0.15) is 0 Å². The molecule has 0 saturated carbocycles. The number of aryl methyl sites for hydroxylation is 2. The SMILES string of the molecule is Cc1oc(-c2ccc(-c3cnccn3)cc2)nc1CCOc1ccc(CCC(=O)O)c(CNC(=O)OC(C)C)c1. The van der Waals surface area contributed by atoms with Crippen molar-refractivity contribution in [3.8, 4) is 28.5 Å². The van der Waals surface area contributed by atoms with E-state index in [9.17, 15) is 9.59 Å². The van der Waals surface area contributed by atoms with Crippen molar-refractivity contribution < 1.29 is 28.6 Å². The quantitative estimate of drug-likeness (QED) is 0.241. The van der Waals surface area contributed by atoms with Crippen molar-refractivity contribution in [3.63, 3.8) is 0 Å². The number of amides is 1. The van der Waals surface area contributed by atoms with E-state index in [1.807, 2.05) is 43.3 Å². The van der Waals surface area contributed by atoms with Gasteiger partial charge in [-0.1, -0.05) is 18.2 Å². The predicted octanol–water partition coefficient (Wildman–Crippen LogP) is 5.38. The molecule has 0 radical (unpaired) electrons. The summed E-state index contributed by atoms with van der Waals surface area (Å²) >= 11 is 0. The van der Waals surface area contributed by atoms with Crippen LogP contribution in [0.2, 0.25) is 0 Å². The van der Waals surface area contributed by atoms with Crippen molar-refractivity contribution in [2.24, 2.45) is 0 Å². The van der Waals surface area contributed by atoms with Gasteiger partial charge in [-0.05, 0) is 62.6 Å². The standard InChI is InChI=1S/C30H32N4O6/c1-19(2)39-30(37)33-17-24-16-25(10-8-21(24)9-11-28(35)36)38-15-12-26-20(3)40-29(34-26)23-6-4-22(5-7-23)27-18-31-13-14-32-27/h4-8,10,13-14,16,18-19H,9,11-12,15,17H2,1-3H3,(H,33,37)(H,35,36). The van der Waals surface area contributed by atoms with E-state index >= 15 is 0 Å². The van der Waals surface area contributed by atoms with E-state index in [2.05, 4.69) is 20.3 Å². The number of rotatable bonds is 12. The fraction of sp³-hybridized carbons (Fsp3) is 0.300. The number of ether oxygens (including phenoxy) is 2. The van der Waals surface area contributed by atoms with Crippen LogP contribution in [0.4, 0.5) is 4.79 Å². The molecule has 10 nitrogen and oxygen atoms in total. The van der Waals surface area contributed by atoms with Crippen LogP contribution in [-0.4, -0.2) is 44.8 Å². The zero-order valence-corrected chi connectivity index (χ0v) is 22.7. The molecule has 10 heteroatoms. The lowest BCUT2D eigenvalue weighted by molar-refractivity contribution is -0.136. The number of carbonyl (C=O) groups excluding carboxylic acids is 1. The number of alkyl carbamates (subject to hydrolysis) is 1. The molecule has 0 bridgehead atoms. The van der Waals surface area contributed by atoms with Gasteiger partial charge in [0.2, 0.25) is 5.89 Å². The zero-order valence-electron chi connectivity index (χ0n) is 22.7. The largest absolute Gasteiger partial charge is 0.493 e. The summed E-state index contributed by atoms with van der Waals surface area (Å²) in [4.78, 5) is 36.1. The molecule has 0 saturated heterocycles. The summed E-state index contributed by atoms with van der Waals surface area (Å²) in [6.07, 6.45) is 5.08. The molecule has 0 fully saturated rings. The Morgan fingerprint density at radius 1 is 1.02 bits per heavy atom. The first-order valence-corrected chi connectivity index (χ1v) is 13.0. The highest BCUT2D eigenvalue weighted by Gasteiger charge is 2.14. The number of hydrogen-bond acceptors (Lipinski definition) is 8. The Morgan fingerprint density at radius 3 is 2.50 bits per heavy atom. The Balaban J connectivity index is 1.38. The molecule has 208 valence electrons. The lowest BCUT2D eigenvalue weighted by Crippen LogP contribution is -2.26. The number of oxazole rings is 1. The minimum atomic E-state index is -0.887. The second-order valence-electron chi connectivity index (χ2n) is 9.42. The van der Waals surface area contributed by atoms with Crippen LogP contribution >= 0.6 is 0 Å².